The molecule has 0 radical (unpaired) electrons. The van der Waals surface area contributed by atoms with Gasteiger partial charge in [-0.05, 0) is 31.7 Å². The molecule has 2 nitrogen and oxygen atoms in total. The molecule has 18 heavy (non-hydrogen) atoms. The van der Waals surface area contributed by atoms with Crippen molar-refractivity contribution in [3.63, 3.8) is 0 Å². The Morgan fingerprint density at radius 2 is 1.78 bits per heavy atom. The Kier molecular flexibility index (Phi) is 6.20. The minimum Gasteiger partial charge on any atom is -0.389 e. The van der Waals surface area contributed by atoms with E-state index in [-0.39, 0.29) is 0 Å². The molecule has 0 aliphatic heterocycles. The number of para-hydroxylation sites is 1. The average molecular weight is 249 g/mol. The lowest BCUT2D eigenvalue weighted by molar-refractivity contribution is 0.200. The molecule has 0 spiro atoms. The van der Waals surface area contributed by atoms with Crippen LogP contribution in [0.4, 0.5) is 5.69 Å². The van der Waals surface area contributed by atoms with Crippen LogP contribution in [-0.4, -0.2) is 11.1 Å². The van der Waals surface area contributed by atoms with E-state index in [0.717, 1.165) is 23.6 Å². The van der Waals surface area contributed by atoms with Crippen LogP contribution >= 0.6 is 0 Å². The second kappa shape index (κ2) is 7.42. The lowest BCUT2D eigenvalue weighted by Gasteiger charge is -2.23. The number of nitrogens with one attached hydrogen (secondary N) is 1. The monoisotopic (exact) mass is 249 g/mol. The maximum atomic E-state index is 9.78. The van der Waals surface area contributed by atoms with E-state index in [1.165, 1.54) is 12.8 Å². The molecule has 2 heteroatoms. The van der Waals surface area contributed by atoms with Gasteiger partial charge in [-0.15, -0.1) is 0 Å². The van der Waals surface area contributed by atoms with Crippen LogP contribution in [0.1, 0.15) is 58.6 Å². The molecule has 0 aliphatic rings. The first-order valence-electron chi connectivity index (χ1n) is 7.11. The minimum absolute atomic E-state index is 0.421. The molecule has 2 N–H and O–H groups in total. The van der Waals surface area contributed by atoms with Crippen molar-refractivity contribution in [1.82, 2.24) is 0 Å². The summed E-state index contributed by atoms with van der Waals surface area (Å²) in [4.78, 5) is 0. The van der Waals surface area contributed by atoms with Gasteiger partial charge in [-0.25, -0.2) is 0 Å². The van der Waals surface area contributed by atoms with Crippen molar-refractivity contribution >= 4 is 5.69 Å². The summed E-state index contributed by atoms with van der Waals surface area (Å²) in [6, 6.07) is 8.52. The first-order chi connectivity index (χ1) is 8.58. The molecule has 3 unspecified atom stereocenters. The van der Waals surface area contributed by atoms with Crippen LogP contribution in [0.5, 0.6) is 0 Å². The zero-order valence-electron chi connectivity index (χ0n) is 12.1. The van der Waals surface area contributed by atoms with Gasteiger partial charge in [0, 0.05) is 17.3 Å². The Morgan fingerprint density at radius 3 is 2.33 bits per heavy atom. The lowest BCUT2D eigenvalue weighted by Crippen LogP contribution is -2.22. The minimum atomic E-state index is -0.421. The summed E-state index contributed by atoms with van der Waals surface area (Å²) in [6.07, 6.45) is 3.09. The van der Waals surface area contributed by atoms with E-state index >= 15 is 0 Å². The third-order valence-corrected chi connectivity index (χ3v) is 3.65. The molecule has 102 valence electrons. The van der Waals surface area contributed by atoms with Crippen molar-refractivity contribution in [3.05, 3.63) is 29.8 Å². The number of aliphatic hydroxyl groups is 1. The van der Waals surface area contributed by atoms with Crippen molar-refractivity contribution in [3.8, 4) is 0 Å². The highest BCUT2D eigenvalue weighted by Gasteiger charge is 2.13. The first-order valence-corrected chi connectivity index (χ1v) is 7.11. The Morgan fingerprint density at radius 1 is 1.11 bits per heavy atom. The molecule has 0 amide bonds. The summed E-state index contributed by atoms with van der Waals surface area (Å²) in [7, 11) is 0. The Bertz CT molecular complexity index is 349. The maximum Gasteiger partial charge on any atom is 0.0781 e. The van der Waals surface area contributed by atoms with E-state index in [4.69, 9.17) is 0 Å². The summed E-state index contributed by atoms with van der Waals surface area (Å²) in [5.74, 6) is 0.737. The fraction of sp³-hybridized carbons (Fsp3) is 0.625. The van der Waals surface area contributed by atoms with Crippen molar-refractivity contribution in [2.45, 2.75) is 59.1 Å². The van der Waals surface area contributed by atoms with Gasteiger partial charge in [0.05, 0.1) is 6.10 Å². The average Bonchev–Trinajstić information content (AvgIpc) is 2.38. The predicted molar refractivity (Wildman–Crippen MR) is 78.8 cm³/mol. The molecule has 1 aromatic carbocycles. The van der Waals surface area contributed by atoms with E-state index in [1.54, 1.807) is 0 Å². The summed E-state index contributed by atoms with van der Waals surface area (Å²) >= 11 is 0. The van der Waals surface area contributed by atoms with Crippen LogP contribution in [-0.2, 0) is 0 Å². The summed E-state index contributed by atoms with van der Waals surface area (Å²) in [5, 5.41) is 13.4. The summed E-state index contributed by atoms with van der Waals surface area (Å²) in [6.45, 7) is 8.56. The van der Waals surface area contributed by atoms with Gasteiger partial charge in [-0.1, -0.05) is 45.4 Å². The molecule has 0 bridgehead atoms. The second-order valence-corrected chi connectivity index (χ2v) is 5.26. The number of hydrogen-bond donors (Lipinski definition) is 2. The van der Waals surface area contributed by atoms with Gasteiger partial charge < -0.3 is 10.4 Å². The number of aliphatic hydroxyl groups excluding tert-OH is 1. The van der Waals surface area contributed by atoms with Gasteiger partial charge in [-0.3, -0.25) is 0 Å². The van der Waals surface area contributed by atoms with E-state index in [1.807, 2.05) is 25.1 Å². The largest absolute Gasteiger partial charge is 0.389 e. The zero-order valence-corrected chi connectivity index (χ0v) is 12.1. The normalized spacial score (nSPS) is 16.1. The van der Waals surface area contributed by atoms with Crippen LogP contribution in [0.25, 0.3) is 0 Å². The fourth-order valence-electron chi connectivity index (χ4n) is 2.19. The van der Waals surface area contributed by atoms with Crippen LogP contribution in [0.2, 0.25) is 0 Å². The van der Waals surface area contributed by atoms with Crippen molar-refractivity contribution in [2.24, 2.45) is 5.92 Å². The standard InChI is InChI=1S/C16H27NO/c1-5-12(3)11-14(6-2)17-16-10-8-7-9-15(16)13(4)18/h7-10,12-14,17-18H,5-6,11H2,1-4H3. The van der Waals surface area contributed by atoms with Gasteiger partial charge >= 0.3 is 0 Å². The molecule has 0 saturated carbocycles. The summed E-state index contributed by atoms with van der Waals surface area (Å²) < 4.78 is 0. The van der Waals surface area contributed by atoms with Crippen LogP contribution < -0.4 is 5.32 Å². The molecule has 0 heterocycles. The second-order valence-electron chi connectivity index (χ2n) is 5.26. The quantitative estimate of drug-likeness (QED) is 0.752. The third kappa shape index (κ3) is 4.34. The Labute approximate surface area is 111 Å². The van der Waals surface area contributed by atoms with E-state index in [2.05, 4.69) is 32.2 Å². The molecule has 0 aromatic heterocycles. The van der Waals surface area contributed by atoms with E-state index < -0.39 is 6.10 Å². The van der Waals surface area contributed by atoms with Crippen molar-refractivity contribution < 1.29 is 5.11 Å². The topological polar surface area (TPSA) is 32.3 Å². The number of hydrogen-bond acceptors (Lipinski definition) is 2. The van der Waals surface area contributed by atoms with E-state index in [0.29, 0.717) is 6.04 Å². The van der Waals surface area contributed by atoms with E-state index in [9.17, 15) is 5.11 Å². The van der Waals surface area contributed by atoms with Gasteiger partial charge in [0.25, 0.3) is 0 Å². The Balaban J connectivity index is 2.75. The number of anilines is 1. The van der Waals surface area contributed by atoms with Crippen LogP contribution in [0.15, 0.2) is 24.3 Å². The molecule has 1 aromatic rings. The number of rotatable bonds is 7. The number of benzene rings is 1. The van der Waals surface area contributed by atoms with Gasteiger partial charge in [-0.2, -0.15) is 0 Å². The molecule has 0 fully saturated rings. The fourth-order valence-corrected chi connectivity index (χ4v) is 2.19. The van der Waals surface area contributed by atoms with Gasteiger partial charge in [0.1, 0.15) is 0 Å². The predicted octanol–water partition coefficient (Wildman–Crippen LogP) is 4.37. The summed E-state index contributed by atoms with van der Waals surface area (Å²) in [5.41, 5.74) is 2.06. The molecular formula is C16H27NO. The molecule has 0 saturated heterocycles. The molecule has 0 aliphatic carbocycles. The highest BCUT2D eigenvalue weighted by Crippen LogP contribution is 2.25. The highest BCUT2D eigenvalue weighted by atomic mass is 16.3. The molecular weight excluding hydrogens is 222 g/mol. The van der Waals surface area contributed by atoms with Crippen molar-refractivity contribution in [2.75, 3.05) is 5.32 Å². The van der Waals surface area contributed by atoms with Crippen LogP contribution in [0.3, 0.4) is 0 Å². The molecule has 3 atom stereocenters. The Hall–Kier alpha value is -1.02. The third-order valence-electron chi connectivity index (χ3n) is 3.65. The van der Waals surface area contributed by atoms with Crippen molar-refractivity contribution in [1.29, 1.82) is 0 Å². The van der Waals surface area contributed by atoms with Crippen LogP contribution in [0, 0.1) is 5.92 Å². The lowest BCUT2D eigenvalue weighted by atomic mass is 9.97. The first kappa shape index (κ1) is 15.0. The van der Waals surface area contributed by atoms with Gasteiger partial charge in [0.15, 0.2) is 0 Å². The maximum absolute atomic E-state index is 9.78. The molecule has 1 rings (SSSR count). The smallest absolute Gasteiger partial charge is 0.0781 e. The highest BCUT2D eigenvalue weighted by molar-refractivity contribution is 5.52. The zero-order chi connectivity index (χ0) is 13.5. The SMILES string of the molecule is CCC(C)CC(CC)Nc1ccccc1C(C)O. The van der Waals surface area contributed by atoms with Gasteiger partial charge in [0.2, 0.25) is 0 Å².